The number of nitrogens with one attached hydrogen (secondary N) is 1. The molecule has 6 nitrogen and oxygen atoms in total. The minimum absolute atomic E-state index is 0.0439. The number of amides is 2. The van der Waals surface area contributed by atoms with Gasteiger partial charge >= 0.3 is 5.97 Å². The minimum Gasteiger partial charge on any atom is -0.463 e. The zero-order chi connectivity index (χ0) is 19.1. The Balaban J connectivity index is 2.01. The molecule has 0 aromatic heterocycles. The first-order chi connectivity index (χ1) is 12.4. The number of hydrogen-bond acceptors (Lipinski definition) is 4. The Labute approximate surface area is 154 Å². The maximum atomic E-state index is 12.7. The van der Waals surface area contributed by atoms with Crippen LogP contribution in [0.2, 0.25) is 0 Å². The normalized spacial score (nSPS) is 16.2. The molecular formula is C20H28N2O4. The fourth-order valence-electron chi connectivity index (χ4n) is 3.16. The highest BCUT2D eigenvalue weighted by molar-refractivity contribution is 5.81. The van der Waals surface area contributed by atoms with Gasteiger partial charge in [0.1, 0.15) is 0 Å². The summed E-state index contributed by atoms with van der Waals surface area (Å²) in [4.78, 5) is 38.0. The second kappa shape index (κ2) is 9.36. The van der Waals surface area contributed by atoms with E-state index in [4.69, 9.17) is 4.74 Å². The molecule has 1 atom stereocenters. The van der Waals surface area contributed by atoms with E-state index in [-0.39, 0.29) is 36.2 Å². The Morgan fingerprint density at radius 3 is 2.31 bits per heavy atom. The van der Waals surface area contributed by atoms with Crippen molar-refractivity contribution in [1.82, 2.24) is 10.2 Å². The van der Waals surface area contributed by atoms with Crippen LogP contribution in [0.15, 0.2) is 30.3 Å². The smallest absolute Gasteiger partial charge is 0.308 e. The summed E-state index contributed by atoms with van der Waals surface area (Å²) in [5, 5.41) is 3.01. The SMILES string of the molecule is CC(=O)N1CCC(C(=O)N[C@@H](CC(=O)OC(C)C)c2ccccc2)CC1. The lowest BCUT2D eigenvalue weighted by Gasteiger charge is -2.31. The fraction of sp³-hybridized carbons (Fsp3) is 0.550. The molecule has 142 valence electrons. The van der Waals surface area contributed by atoms with Crippen LogP contribution in [0, 0.1) is 5.92 Å². The molecule has 0 spiro atoms. The highest BCUT2D eigenvalue weighted by Gasteiger charge is 2.28. The molecule has 2 amide bonds. The van der Waals surface area contributed by atoms with Crippen LogP contribution in [0.1, 0.15) is 51.6 Å². The lowest BCUT2D eigenvalue weighted by Crippen LogP contribution is -2.43. The fourth-order valence-corrected chi connectivity index (χ4v) is 3.16. The lowest BCUT2D eigenvalue weighted by molar-refractivity contribution is -0.148. The van der Waals surface area contributed by atoms with Crippen molar-refractivity contribution in [3.05, 3.63) is 35.9 Å². The molecule has 1 saturated heterocycles. The van der Waals surface area contributed by atoms with E-state index in [1.54, 1.807) is 25.7 Å². The third-order valence-corrected chi connectivity index (χ3v) is 4.57. The second-order valence-electron chi connectivity index (χ2n) is 6.99. The third-order valence-electron chi connectivity index (χ3n) is 4.57. The van der Waals surface area contributed by atoms with Gasteiger partial charge in [-0.15, -0.1) is 0 Å². The van der Waals surface area contributed by atoms with E-state index in [1.165, 1.54) is 0 Å². The van der Waals surface area contributed by atoms with Gasteiger partial charge in [-0.2, -0.15) is 0 Å². The van der Waals surface area contributed by atoms with E-state index in [2.05, 4.69) is 5.32 Å². The number of likely N-dealkylation sites (tertiary alicyclic amines) is 1. The minimum atomic E-state index is -0.416. The van der Waals surface area contributed by atoms with Crippen molar-refractivity contribution < 1.29 is 19.1 Å². The lowest BCUT2D eigenvalue weighted by atomic mass is 9.94. The van der Waals surface area contributed by atoms with Crippen LogP contribution >= 0.6 is 0 Å². The zero-order valence-corrected chi connectivity index (χ0v) is 15.7. The monoisotopic (exact) mass is 360 g/mol. The molecule has 0 aliphatic carbocycles. The molecule has 1 aromatic rings. The van der Waals surface area contributed by atoms with Crippen molar-refractivity contribution in [2.24, 2.45) is 5.92 Å². The molecule has 1 aromatic carbocycles. The van der Waals surface area contributed by atoms with Crippen molar-refractivity contribution in [2.75, 3.05) is 13.1 Å². The maximum Gasteiger partial charge on any atom is 0.308 e. The third kappa shape index (κ3) is 5.86. The molecular weight excluding hydrogens is 332 g/mol. The summed E-state index contributed by atoms with van der Waals surface area (Å²) < 4.78 is 5.24. The highest BCUT2D eigenvalue weighted by atomic mass is 16.5. The summed E-state index contributed by atoms with van der Waals surface area (Å²) in [6, 6.07) is 9.03. The first-order valence-corrected chi connectivity index (χ1v) is 9.17. The van der Waals surface area contributed by atoms with E-state index < -0.39 is 6.04 Å². The number of rotatable bonds is 6. The molecule has 2 rings (SSSR count). The van der Waals surface area contributed by atoms with Gasteiger partial charge in [0.25, 0.3) is 0 Å². The molecule has 0 saturated carbocycles. The Morgan fingerprint density at radius 2 is 1.77 bits per heavy atom. The molecule has 0 bridgehead atoms. The van der Waals surface area contributed by atoms with Gasteiger partial charge in [-0.25, -0.2) is 0 Å². The van der Waals surface area contributed by atoms with Crippen LogP contribution in [-0.4, -0.2) is 41.9 Å². The van der Waals surface area contributed by atoms with Gasteiger partial charge in [0.15, 0.2) is 0 Å². The molecule has 0 radical (unpaired) electrons. The van der Waals surface area contributed by atoms with Gasteiger partial charge in [0, 0.05) is 25.9 Å². The quantitative estimate of drug-likeness (QED) is 0.791. The Morgan fingerprint density at radius 1 is 1.15 bits per heavy atom. The second-order valence-corrected chi connectivity index (χ2v) is 6.99. The molecule has 26 heavy (non-hydrogen) atoms. The van der Waals surface area contributed by atoms with Gasteiger partial charge in [-0.1, -0.05) is 30.3 Å². The number of hydrogen-bond donors (Lipinski definition) is 1. The largest absolute Gasteiger partial charge is 0.463 e. The van der Waals surface area contributed by atoms with E-state index in [0.717, 1.165) is 5.56 Å². The van der Waals surface area contributed by atoms with Crippen molar-refractivity contribution >= 4 is 17.8 Å². The average Bonchev–Trinajstić information content (AvgIpc) is 2.61. The predicted octanol–water partition coefficient (Wildman–Crippen LogP) is 2.44. The summed E-state index contributed by atoms with van der Waals surface area (Å²) in [6.45, 7) is 6.34. The van der Waals surface area contributed by atoms with Gasteiger partial charge in [0.2, 0.25) is 11.8 Å². The van der Waals surface area contributed by atoms with Crippen LogP contribution < -0.4 is 5.32 Å². The highest BCUT2D eigenvalue weighted by Crippen LogP contribution is 2.22. The van der Waals surface area contributed by atoms with Crippen molar-refractivity contribution in [2.45, 2.75) is 52.2 Å². The van der Waals surface area contributed by atoms with E-state index in [1.807, 2.05) is 30.3 Å². The number of carbonyl (C=O) groups excluding carboxylic acids is 3. The van der Waals surface area contributed by atoms with E-state index >= 15 is 0 Å². The van der Waals surface area contributed by atoms with Crippen molar-refractivity contribution in [3.63, 3.8) is 0 Å². The topological polar surface area (TPSA) is 75.7 Å². The number of carbonyl (C=O) groups is 3. The molecule has 6 heteroatoms. The predicted molar refractivity (Wildman–Crippen MR) is 98.1 cm³/mol. The summed E-state index contributed by atoms with van der Waals surface area (Å²) >= 11 is 0. The van der Waals surface area contributed by atoms with Crippen LogP contribution in [-0.2, 0) is 19.1 Å². The molecule has 1 heterocycles. The molecule has 1 fully saturated rings. The van der Waals surface area contributed by atoms with Crippen LogP contribution in [0.25, 0.3) is 0 Å². The first kappa shape index (κ1) is 19.9. The number of piperidine rings is 1. The van der Waals surface area contributed by atoms with Gasteiger partial charge in [-0.05, 0) is 32.3 Å². The first-order valence-electron chi connectivity index (χ1n) is 9.17. The number of esters is 1. The van der Waals surface area contributed by atoms with Crippen LogP contribution in [0.5, 0.6) is 0 Å². The zero-order valence-electron chi connectivity index (χ0n) is 15.7. The van der Waals surface area contributed by atoms with Gasteiger partial charge in [0.05, 0.1) is 18.6 Å². The average molecular weight is 360 g/mol. The number of ether oxygens (including phenoxy) is 1. The van der Waals surface area contributed by atoms with Crippen LogP contribution in [0.4, 0.5) is 0 Å². The maximum absolute atomic E-state index is 12.7. The van der Waals surface area contributed by atoms with Gasteiger partial charge in [-0.3, -0.25) is 14.4 Å². The van der Waals surface area contributed by atoms with Gasteiger partial charge < -0.3 is 15.0 Å². The van der Waals surface area contributed by atoms with Crippen molar-refractivity contribution in [3.8, 4) is 0 Å². The Hall–Kier alpha value is -2.37. The molecule has 0 unspecified atom stereocenters. The Bertz CT molecular complexity index is 622. The van der Waals surface area contributed by atoms with E-state index in [0.29, 0.717) is 25.9 Å². The summed E-state index contributed by atoms with van der Waals surface area (Å²) in [7, 11) is 0. The molecule has 1 aliphatic rings. The van der Waals surface area contributed by atoms with Crippen molar-refractivity contribution in [1.29, 1.82) is 0 Å². The standard InChI is InChI=1S/C20H28N2O4/c1-14(2)26-19(24)13-18(16-7-5-4-6-8-16)21-20(25)17-9-11-22(12-10-17)15(3)23/h4-8,14,17-18H,9-13H2,1-3H3,(H,21,25)/t18-/m0/s1. The molecule has 1 N–H and O–H groups in total. The number of benzene rings is 1. The van der Waals surface area contributed by atoms with E-state index in [9.17, 15) is 14.4 Å². The number of nitrogens with zero attached hydrogens (tertiary/aromatic N) is 1. The molecule has 1 aliphatic heterocycles. The Kier molecular flexibility index (Phi) is 7.18. The summed E-state index contributed by atoms with van der Waals surface area (Å²) in [5.74, 6) is -0.500. The van der Waals surface area contributed by atoms with Crippen LogP contribution in [0.3, 0.4) is 0 Å². The summed E-state index contributed by atoms with van der Waals surface area (Å²) in [5.41, 5.74) is 0.878. The summed E-state index contributed by atoms with van der Waals surface area (Å²) in [6.07, 6.45) is 1.19.